The van der Waals surface area contributed by atoms with Crippen molar-refractivity contribution in [3.63, 3.8) is 0 Å². The van der Waals surface area contributed by atoms with Crippen LogP contribution in [0.25, 0.3) is 10.9 Å². The van der Waals surface area contributed by atoms with Gasteiger partial charge in [0.1, 0.15) is 5.82 Å². The lowest BCUT2D eigenvalue weighted by Crippen LogP contribution is -2.10. The molecule has 0 saturated heterocycles. The minimum atomic E-state index is 0. The maximum absolute atomic E-state index is 5.42. The van der Waals surface area contributed by atoms with Gasteiger partial charge in [-0.3, -0.25) is 0 Å². The van der Waals surface area contributed by atoms with Crippen LogP contribution in [0.2, 0.25) is 0 Å². The van der Waals surface area contributed by atoms with Crippen molar-refractivity contribution in [1.29, 1.82) is 0 Å². The monoisotopic (exact) mass is 237 g/mol. The zero-order chi connectivity index (χ0) is 11.0. The Bertz CT molecular complexity index is 523. The van der Waals surface area contributed by atoms with Gasteiger partial charge in [0.05, 0.1) is 5.52 Å². The van der Waals surface area contributed by atoms with Crippen molar-refractivity contribution in [1.82, 2.24) is 4.98 Å². The Morgan fingerprint density at radius 1 is 1.06 bits per heavy atom. The van der Waals surface area contributed by atoms with Crippen molar-refractivity contribution in [3.05, 3.63) is 34.9 Å². The standard InChI is InChI=1S/C12H15N3.ClH/c1-7-4-5-8(2)11-10(7)6-9(3)12(14-11)15-13;/h4-6H,13H2,1-3H3,(H,14,15);1H. The summed E-state index contributed by atoms with van der Waals surface area (Å²) in [6.07, 6.45) is 0. The average Bonchev–Trinajstić information content (AvgIpc) is 2.23. The molecule has 1 aromatic carbocycles. The molecule has 0 saturated carbocycles. The van der Waals surface area contributed by atoms with Crippen LogP contribution in [-0.4, -0.2) is 4.98 Å². The van der Waals surface area contributed by atoms with Gasteiger partial charge in [-0.25, -0.2) is 10.8 Å². The fourth-order valence-electron chi connectivity index (χ4n) is 1.78. The molecule has 4 heteroatoms. The number of nitrogen functional groups attached to an aromatic ring is 1. The molecule has 16 heavy (non-hydrogen) atoms. The van der Waals surface area contributed by atoms with E-state index in [9.17, 15) is 0 Å². The highest BCUT2D eigenvalue weighted by molar-refractivity contribution is 5.87. The van der Waals surface area contributed by atoms with Crippen molar-refractivity contribution >= 4 is 29.1 Å². The fourth-order valence-corrected chi connectivity index (χ4v) is 1.78. The van der Waals surface area contributed by atoms with Gasteiger partial charge in [0.15, 0.2) is 0 Å². The van der Waals surface area contributed by atoms with Gasteiger partial charge in [-0.15, -0.1) is 12.4 Å². The highest BCUT2D eigenvalue weighted by atomic mass is 35.5. The molecule has 0 amide bonds. The third-order valence-electron chi connectivity index (χ3n) is 2.73. The van der Waals surface area contributed by atoms with Gasteiger partial charge in [-0.1, -0.05) is 12.1 Å². The highest BCUT2D eigenvalue weighted by Crippen LogP contribution is 2.24. The molecule has 2 rings (SSSR count). The van der Waals surface area contributed by atoms with Crippen molar-refractivity contribution in [3.8, 4) is 0 Å². The third kappa shape index (κ3) is 1.96. The molecule has 0 aliphatic carbocycles. The van der Waals surface area contributed by atoms with Gasteiger partial charge in [0, 0.05) is 5.39 Å². The number of nitrogens with one attached hydrogen (secondary N) is 1. The summed E-state index contributed by atoms with van der Waals surface area (Å²) in [7, 11) is 0. The molecule has 0 fully saturated rings. The Labute approximate surface area is 101 Å². The predicted molar refractivity (Wildman–Crippen MR) is 71.0 cm³/mol. The molecule has 0 unspecified atom stereocenters. The van der Waals surface area contributed by atoms with Crippen LogP contribution in [0.4, 0.5) is 5.82 Å². The van der Waals surface area contributed by atoms with E-state index in [1.54, 1.807) is 0 Å². The lowest BCUT2D eigenvalue weighted by molar-refractivity contribution is 1.21. The number of aromatic nitrogens is 1. The van der Waals surface area contributed by atoms with Crippen LogP contribution in [0.1, 0.15) is 16.7 Å². The topological polar surface area (TPSA) is 50.9 Å². The number of nitrogens with zero attached hydrogens (tertiary/aromatic N) is 1. The largest absolute Gasteiger partial charge is 0.308 e. The summed E-state index contributed by atoms with van der Waals surface area (Å²) in [5.74, 6) is 6.16. The Morgan fingerprint density at radius 2 is 1.69 bits per heavy atom. The Hall–Kier alpha value is -1.32. The van der Waals surface area contributed by atoms with Crippen LogP contribution >= 0.6 is 12.4 Å². The molecule has 2 aromatic rings. The van der Waals surface area contributed by atoms with Crippen LogP contribution < -0.4 is 11.3 Å². The third-order valence-corrected chi connectivity index (χ3v) is 2.73. The summed E-state index contributed by atoms with van der Waals surface area (Å²) < 4.78 is 0. The molecule has 3 N–H and O–H groups in total. The summed E-state index contributed by atoms with van der Waals surface area (Å²) >= 11 is 0. The van der Waals surface area contributed by atoms with E-state index in [1.807, 2.05) is 6.92 Å². The summed E-state index contributed by atoms with van der Waals surface area (Å²) in [5, 5.41) is 1.20. The molecule has 1 heterocycles. The molecule has 0 aliphatic heterocycles. The number of halogens is 1. The van der Waals surface area contributed by atoms with E-state index in [0.29, 0.717) is 0 Å². The van der Waals surface area contributed by atoms with Gasteiger partial charge in [0.25, 0.3) is 0 Å². The van der Waals surface area contributed by atoms with E-state index in [-0.39, 0.29) is 12.4 Å². The minimum Gasteiger partial charge on any atom is -0.308 e. The number of hydrogen-bond donors (Lipinski definition) is 2. The molecule has 0 radical (unpaired) electrons. The summed E-state index contributed by atoms with van der Waals surface area (Å²) in [6, 6.07) is 6.33. The molecule has 3 nitrogen and oxygen atoms in total. The van der Waals surface area contributed by atoms with Crippen LogP contribution in [0.15, 0.2) is 18.2 Å². The van der Waals surface area contributed by atoms with Crippen LogP contribution in [0.5, 0.6) is 0 Å². The molecule has 1 aromatic heterocycles. The summed E-state index contributed by atoms with van der Waals surface area (Å²) in [4.78, 5) is 4.52. The molecular weight excluding hydrogens is 222 g/mol. The lowest BCUT2D eigenvalue weighted by atomic mass is 10.0. The number of fused-ring (bicyclic) bond motifs is 1. The van der Waals surface area contributed by atoms with Gasteiger partial charge in [-0.2, -0.15) is 0 Å². The number of aryl methyl sites for hydroxylation is 3. The van der Waals surface area contributed by atoms with Crippen LogP contribution in [0, 0.1) is 20.8 Å². The van der Waals surface area contributed by atoms with Crippen LogP contribution in [-0.2, 0) is 0 Å². The summed E-state index contributed by atoms with van der Waals surface area (Å²) in [6.45, 7) is 6.16. The maximum Gasteiger partial charge on any atom is 0.143 e. The maximum atomic E-state index is 5.42. The number of benzene rings is 1. The Balaban J connectivity index is 0.00000128. The number of rotatable bonds is 1. The smallest absolute Gasteiger partial charge is 0.143 e. The SMILES string of the molecule is Cc1cc2c(C)ccc(C)c2nc1NN.Cl. The highest BCUT2D eigenvalue weighted by Gasteiger charge is 2.06. The quantitative estimate of drug-likeness (QED) is 0.592. The first-order valence-corrected chi connectivity index (χ1v) is 4.97. The first kappa shape index (κ1) is 12.7. The van der Waals surface area contributed by atoms with Gasteiger partial charge in [0.2, 0.25) is 0 Å². The van der Waals surface area contributed by atoms with E-state index in [4.69, 9.17) is 5.84 Å². The molecule has 0 aliphatic rings. The Kier molecular flexibility index (Phi) is 3.73. The zero-order valence-electron chi connectivity index (χ0n) is 9.66. The number of anilines is 1. The number of hydrogen-bond acceptors (Lipinski definition) is 3. The zero-order valence-corrected chi connectivity index (χ0v) is 10.5. The Morgan fingerprint density at radius 3 is 2.31 bits per heavy atom. The normalized spacial score (nSPS) is 10.0. The second-order valence-corrected chi connectivity index (χ2v) is 3.89. The van der Waals surface area contributed by atoms with Crippen molar-refractivity contribution in [2.45, 2.75) is 20.8 Å². The number of hydrazine groups is 1. The van der Waals surface area contributed by atoms with E-state index in [2.05, 4.69) is 42.5 Å². The van der Waals surface area contributed by atoms with Crippen molar-refractivity contribution in [2.75, 3.05) is 5.43 Å². The van der Waals surface area contributed by atoms with E-state index in [1.165, 1.54) is 16.5 Å². The first-order chi connectivity index (χ1) is 7.13. The summed E-state index contributed by atoms with van der Waals surface area (Å²) in [5.41, 5.74) is 7.13. The molecule has 0 spiro atoms. The van der Waals surface area contributed by atoms with Gasteiger partial charge < -0.3 is 5.43 Å². The molecule has 86 valence electrons. The minimum absolute atomic E-state index is 0. The van der Waals surface area contributed by atoms with E-state index >= 15 is 0 Å². The molecular formula is C12H16ClN3. The van der Waals surface area contributed by atoms with E-state index < -0.39 is 0 Å². The van der Waals surface area contributed by atoms with Crippen molar-refractivity contribution in [2.24, 2.45) is 5.84 Å². The number of nitrogens with two attached hydrogens (primary N) is 1. The fraction of sp³-hybridized carbons (Fsp3) is 0.250. The first-order valence-electron chi connectivity index (χ1n) is 4.97. The van der Waals surface area contributed by atoms with Crippen LogP contribution in [0.3, 0.4) is 0 Å². The molecule has 0 bridgehead atoms. The van der Waals surface area contributed by atoms with E-state index in [0.717, 1.165) is 16.9 Å². The lowest BCUT2D eigenvalue weighted by Gasteiger charge is -2.09. The second kappa shape index (κ2) is 4.68. The number of pyridine rings is 1. The second-order valence-electron chi connectivity index (χ2n) is 3.89. The van der Waals surface area contributed by atoms with Gasteiger partial charge >= 0.3 is 0 Å². The van der Waals surface area contributed by atoms with Gasteiger partial charge in [-0.05, 0) is 43.5 Å². The predicted octanol–water partition coefficient (Wildman–Crippen LogP) is 2.87. The van der Waals surface area contributed by atoms with Crippen molar-refractivity contribution < 1.29 is 0 Å². The average molecular weight is 238 g/mol. The molecule has 0 atom stereocenters.